The van der Waals surface area contributed by atoms with Gasteiger partial charge in [-0.05, 0) is 12.5 Å². The first-order chi connectivity index (χ1) is 8.49. The van der Waals surface area contributed by atoms with Gasteiger partial charge >= 0.3 is 0 Å². The average molecular weight is 255 g/mol. The van der Waals surface area contributed by atoms with Crippen molar-refractivity contribution < 1.29 is 14.6 Å². The molecule has 0 aliphatic heterocycles. The van der Waals surface area contributed by atoms with Crippen LogP contribution >= 0.6 is 0 Å². The maximum absolute atomic E-state index is 12.1. The number of rotatable bonds is 6. The van der Waals surface area contributed by atoms with E-state index in [1.807, 2.05) is 6.92 Å². The Kier molecular flexibility index (Phi) is 5.30. The molecule has 6 heteroatoms. The van der Waals surface area contributed by atoms with Gasteiger partial charge in [0.1, 0.15) is 5.69 Å². The molecule has 0 bridgehead atoms. The summed E-state index contributed by atoms with van der Waals surface area (Å²) in [7, 11) is 4.91. The van der Waals surface area contributed by atoms with Gasteiger partial charge in [0.05, 0.1) is 18.4 Å². The zero-order chi connectivity index (χ0) is 13.7. The summed E-state index contributed by atoms with van der Waals surface area (Å²) < 4.78 is 6.40. The van der Waals surface area contributed by atoms with Crippen LogP contribution in [0.2, 0.25) is 0 Å². The third-order valence-corrected chi connectivity index (χ3v) is 2.70. The van der Waals surface area contributed by atoms with E-state index in [0.717, 1.165) is 12.1 Å². The van der Waals surface area contributed by atoms with E-state index in [1.54, 1.807) is 24.8 Å². The topological polar surface area (TPSA) is 67.6 Å². The summed E-state index contributed by atoms with van der Waals surface area (Å²) in [6, 6.07) is 1.78. The quantitative estimate of drug-likeness (QED) is 0.780. The van der Waals surface area contributed by atoms with Gasteiger partial charge in [0.2, 0.25) is 0 Å². The lowest BCUT2D eigenvalue weighted by Gasteiger charge is -2.20. The Bertz CT molecular complexity index is 403. The summed E-state index contributed by atoms with van der Waals surface area (Å²) >= 11 is 0. The number of nitrogens with zero attached hydrogens (tertiary/aromatic N) is 3. The Morgan fingerprint density at radius 2 is 2.33 bits per heavy atom. The van der Waals surface area contributed by atoms with Gasteiger partial charge in [-0.2, -0.15) is 5.10 Å². The lowest BCUT2D eigenvalue weighted by molar-refractivity contribution is 0.0376. The number of hydrogen-bond acceptors (Lipinski definition) is 4. The highest BCUT2D eigenvalue weighted by Gasteiger charge is 2.19. The molecule has 0 saturated carbocycles. The van der Waals surface area contributed by atoms with Gasteiger partial charge in [0.15, 0.2) is 0 Å². The fourth-order valence-corrected chi connectivity index (χ4v) is 1.74. The van der Waals surface area contributed by atoms with E-state index in [4.69, 9.17) is 4.74 Å². The van der Waals surface area contributed by atoms with Crippen molar-refractivity contribution in [2.45, 2.75) is 19.4 Å². The average Bonchev–Trinajstić information content (AvgIpc) is 2.69. The first-order valence-electron chi connectivity index (χ1n) is 5.95. The molecule has 1 atom stereocenters. The Morgan fingerprint density at radius 1 is 1.67 bits per heavy atom. The van der Waals surface area contributed by atoms with Gasteiger partial charge in [-0.1, -0.05) is 6.92 Å². The number of carbonyl (C=O) groups is 1. The number of hydrogen-bond donors (Lipinski definition) is 1. The molecule has 102 valence electrons. The highest BCUT2D eigenvalue weighted by atomic mass is 16.5. The van der Waals surface area contributed by atoms with E-state index in [1.165, 1.54) is 12.0 Å². The first kappa shape index (κ1) is 14.7. The fourth-order valence-electron chi connectivity index (χ4n) is 1.74. The molecule has 0 spiro atoms. The van der Waals surface area contributed by atoms with Gasteiger partial charge in [-0.15, -0.1) is 0 Å². The number of aromatic nitrogens is 2. The minimum Gasteiger partial charge on any atom is -0.389 e. The largest absolute Gasteiger partial charge is 0.389 e. The van der Waals surface area contributed by atoms with Gasteiger partial charge in [-0.25, -0.2) is 0 Å². The zero-order valence-corrected chi connectivity index (χ0v) is 11.4. The van der Waals surface area contributed by atoms with Crippen molar-refractivity contribution in [3.63, 3.8) is 0 Å². The number of methoxy groups -OCH3 is 1. The van der Waals surface area contributed by atoms with Crippen LogP contribution in [0.4, 0.5) is 0 Å². The molecule has 1 amide bonds. The molecule has 1 aromatic heterocycles. The van der Waals surface area contributed by atoms with Crippen molar-refractivity contribution in [3.8, 4) is 0 Å². The van der Waals surface area contributed by atoms with Crippen LogP contribution in [0, 0.1) is 0 Å². The van der Waals surface area contributed by atoms with Crippen LogP contribution in [0.3, 0.4) is 0 Å². The lowest BCUT2D eigenvalue weighted by atomic mass is 10.2. The standard InChI is InChI=1S/C12H21N3O3/c1-5-9-6-11(15(3)13-9)12(17)14(2)7-10(16)8-18-4/h6,10,16H,5,7-8H2,1-4H3. The van der Waals surface area contributed by atoms with Crippen LogP contribution in [-0.4, -0.2) is 59.1 Å². The van der Waals surface area contributed by atoms with Crippen LogP contribution in [-0.2, 0) is 18.2 Å². The highest BCUT2D eigenvalue weighted by Crippen LogP contribution is 2.07. The van der Waals surface area contributed by atoms with Crippen LogP contribution < -0.4 is 0 Å². The second-order valence-corrected chi connectivity index (χ2v) is 4.29. The molecule has 18 heavy (non-hydrogen) atoms. The maximum atomic E-state index is 12.1. The van der Waals surface area contributed by atoms with Crippen molar-refractivity contribution in [1.82, 2.24) is 14.7 Å². The summed E-state index contributed by atoms with van der Waals surface area (Å²) in [6.07, 6.45) is 0.111. The van der Waals surface area contributed by atoms with E-state index in [2.05, 4.69) is 5.10 Å². The third kappa shape index (κ3) is 3.54. The van der Waals surface area contributed by atoms with Crippen molar-refractivity contribution in [1.29, 1.82) is 0 Å². The molecule has 1 heterocycles. The summed E-state index contributed by atoms with van der Waals surface area (Å²) in [5.41, 5.74) is 1.41. The molecule has 0 fully saturated rings. The Balaban J connectivity index is 2.70. The molecule has 1 unspecified atom stereocenters. The number of aliphatic hydroxyl groups excluding tert-OH is 1. The smallest absolute Gasteiger partial charge is 0.271 e. The number of amides is 1. The predicted molar refractivity (Wildman–Crippen MR) is 67.4 cm³/mol. The molecule has 0 aliphatic carbocycles. The van der Waals surface area contributed by atoms with Gasteiger partial charge < -0.3 is 14.7 Å². The molecule has 0 radical (unpaired) electrons. The molecule has 0 saturated heterocycles. The van der Waals surface area contributed by atoms with E-state index < -0.39 is 6.10 Å². The molecule has 6 nitrogen and oxygen atoms in total. The van der Waals surface area contributed by atoms with Crippen LogP contribution in [0.5, 0.6) is 0 Å². The maximum Gasteiger partial charge on any atom is 0.271 e. The van der Waals surface area contributed by atoms with E-state index >= 15 is 0 Å². The first-order valence-corrected chi connectivity index (χ1v) is 5.95. The van der Waals surface area contributed by atoms with E-state index in [-0.39, 0.29) is 19.1 Å². The number of likely N-dealkylation sites (N-methyl/N-ethyl adjacent to an activating group) is 1. The summed E-state index contributed by atoms with van der Waals surface area (Å²) in [4.78, 5) is 13.6. The number of aliphatic hydroxyl groups is 1. The molecule has 1 rings (SSSR count). The SMILES string of the molecule is CCc1cc(C(=O)N(C)CC(O)COC)n(C)n1. The second-order valence-electron chi connectivity index (χ2n) is 4.29. The minimum atomic E-state index is -0.678. The Hall–Kier alpha value is -1.40. The van der Waals surface area contributed by atoms with Crippen LogP contribution in [0.1, 0.15) is 23.1 Å². The molecule has 0 aliphatic rings. The Labute approximate surface area is 107 Å². The predicted octanol–water partition coefficient (Wildman–Crippen LogP) is 0.0618. The number of aryl methyl sites for hydroxylation is 2. The molecular weight excluding hydrogens is 234 g/mol. The van der Waals surface area contributed by atoms with Gasteiger partial charge in [0, 0.05) is 27.7 Å². The molecule has 1 N–H and O–H groups in total. The highest BCUT2D eigenvalue weighted by molar-refractivity contribution is 5.92. The molecule has 0 aromatic carbocycles. The van der Waals surface area contributed by atoms with Crippen LogP contribution in [0.25, 0.3) is 0 Å². The van der Waals surface area contributed by atoms with Crippen molar-refractivity contribution >= 4 is 5.91 Å². The summed E-state index contributed by atoms with van der Waals surface area (Å²) in [5.74, 6) is -0.153. The minimum absolute atomic E-state index is 0.153. The van der Waals surface area contributed by atoms with E-state index in [9.17, 15) is 9.90 Å². The van der Waals surface area contributed by atoms with Gasteiger partial charge in [0.25, 0.3) is 5.91 Å². The third-order valence-electron chi connectivity index (χ3n) is 2.70. The normalized spacial score (nSPS) is 12.5. The fraction of sp³-hybridized carbons (Fsp3) is 0.667. The lowest BCUT2D eigenvalue weighted by Crippen LogP contribution is -2.37. The van der Waals surface area contributed by atoms with Crippen LogP contribution in [0.15, 0.2) is 6.07 Å². The number of carbonyl (C=O) groups excluding carboxylic acids is 1. The summed E-state index contributed by atoms with van der Waals surface area (Å²) in [5, 5.41) is 13.8. The monoisotopic (exact) mass is 255 g/mol. The second kappa shape index (κ2) is 6.51. The summed E-state index contributed by atoms with van der Waals surface area (Å²) in [6.45, 7) is 2.44. The van der Waals surface area contributed by atoms with Crippen molar-refractivity contribution in [3.05, 3.63) is 17.5 Å². The van der Waals surface area contributed by atoms with E-state index in [0.29, 0.717) is 5.69 Å². The van der Waals surface area contributed by atoms with Crippen molar-refractivity contribution in [2.75, 3.05) is 27.3 Å². The Morgan fingerprint density at radius 3 is 2.83 bits per heavy atom. The van der Waals surface area contributed by atoms with Gasteiger partial charge in [-0.3, -0.25) is 9.48 Å². The number of ether oxygens (including phenoxy) is 1. The van der Waals surface area contributed by atoms with Crippen molar-refractivity contribution in [2.24, 2.45) is 7.05 Å². The molecular formula is C12H21N3O3. The molecule has 1 aromatic rings. The zero-order valence-electron chi connectivity index (χ0n) is 11.4.